The van der Waals surface area contributed by atoms with Crippen molar-refractivity contribution < 1.29 is 19.1 Å². The van der Waals surface area contributed by atoms with Crippen LogP contribution in [0.3, 0.4) is 0 Å². The smallest absolute Gasteiger partial charge is 0.325 e. The molecule has 0 spiro atoms. The molecule has 3 rings (SSSR count). The summed E-state index contributed by atoms with van der Waals surface area (Å²) in [6.45, 7) is -0.0558. The van der Waals surface area contributed by atoms with E-state index in [1.807, 2.05) is 24.3 Å². The van der Waals surface area contributed by atoms with Gasteiger partial charge in [-0.25, -0.2) is 0 Å². The molecule has 7 nitrogen and oxygen atoms in total. The van der Waals surface area contributed by atoms with Gasteiger partial charge in [-0.1, -0.05) is 36.4 Å². The fraction of sp³-hybridized carbons (Fsp3) is 0.143. The molecule has 0 unspecified atom stereocenters. The molecule has 1 aliphatic rings. The number of nitrogens with zero attached hydrogens (tertiary/aromatic N) is 2. The van der Waals surface area contributed by atoms with E-state index in [0.29, 0.717) is 16.9 Å². The second kappa shape index (κ2) is 8.99. The third-order valence-corrected chi connectivity index (χ3v) is 4.54. The SMILES string of the molecule is COC(=O)CN1C(=O)/C(=C/c2ccccc2OCc2ccccc2C#N)NC1=S. The summed E-state index contributed by atoms with van der Waals surface area (Å²) in [5, 5.41) is 12.2. The van der Waals surface area contributed by atoms with Crippen molar-refractivity contribution in [3.8, 4) is 11.8 Å². The van der Waals surface area contributed by atoms with Gasteiger partial charge in [0, 0.05) is 11.1 Å². The number of benzene rings is 2. The van der Waals surface area contributed by atoms with E-state index < -0.39 is 11.9 Å². The van der Waals surface area contributed by atoms with Crippen molar-refractivity contribution in [3.63, 3.8) is 0 Å². The highest BCUT2D eigenvalue weighted by Crippen LogP contribution is 2.24. The van der Waals surface area contributed by atoms with E-state index >= 15 is 0 Å². The van der Waals surface area contributed by atoms with Crippen LogP contribution < -0.4 is 10.1 Å². The van der Waals surface area contributed by atoms with E-state index in [2.05, 4.69) is 16.1 Å². The van der Waals surface area contributed by atoms with Crippen LogP contribution in [0, 0.1) is 11.3 Å². The second-order valence-corrected chi connectivity index (χ2v) is 6.44. The Balaban J connectivity index is 1.80. The minimum Gasteiger partial charge on any atom is -0.488 e. The van der Waals surface area contributed by atoms with Crippen LogP contribution in [0.25, 0.3) is 6.08 Å². The third-order valence-electron chi connectivity index (χ3n) is 4.22. The number of esters is 1. The molecule has 1 saturated heterocycles. The highest BCUT2D eigenvalue weighted by molar-refractivity contribution is 7.80. The van der Waals surface area contributed by atoms with Crippen molar-refractivity contribution in [2.75, 3.05) is 13.7 Å². The fourth-order valence-electron chi connectivity index (χ4n) is 2.71. The lowest BCUT2D eigenvalue weighted by atomic mass is 10.1. The van der Waals surface area contributed by atoms with Crippen LogP contribution in [0.15, 0.2) is 54.2 Å². The van der Waals surface area contributed by atoms with Crippen molar-refractivity contribution in [3.05, 3.63) is 70.9 Å². The summed E-state index contributed by atoms with van der Waals surface area (Å²) in [6, 6.07) is 16.5. The van der Waals surface area contributed by atoms with Crippen LogP contribution in [-0.4, -0.2) is 35.5 Å². The molecule has 0 saturated carbocycles. The maximum atomic E-state index is 12.6. The highest BCUT2D eigenvalue weighted by atomic mass is 32.1. The van der Waals surface area contributed by atoms with E-state index in [1.54, 1.807) is 30.3 Å². The Morgan fingerprint density at radius 1 is 1.24 bits per heavy atom. The van der Waals surface area contributed by atoms with E-state index in [0.717, 1.165) is 10.5 Å². The summed E-state index contributed by atoms with van der Waals surface area (Å²) in [5.74, 6) is -0.451. The molecule has 1 N–H and O–H groups in total. The van der Waals surface area contributed by atoms with E-state index in [4.69, 9.17) is 17.0 Å². The van der Waals surface area contributed by atoms with Crippen molar-refractivity contribution in [1.82, 2.24) is 10.2 Å². The van der Waals surface area contributed by atoms with Gasteiger partial charge in [-0.3, -0.25) is 14.5 Å². The Kier molecular flexibility index (Phi) is 6.22. The number of hydrogen-bond acceptors (Lipinski definition) is 6. The maximum absolute atomic E-state index is 12.6. The number of thiocarbonyl (C=S) groups is 1. The summed E-state index contributed by atoms with van der Waals surface area (Å²) in [4.78, 5) is 25.2. The van der Waals surface area contributed by atoms with Crippen LogP contribution in [-0.2, 0) is 20.9 Å². The van der Waals surface area contributed by atoms with Crippen molar-refractivity contribution in [2.24, 2.45) is 0 Å². The van der Waals surface area contributed by atoms with E-state index in [1.165, 1.54) is 7.11 Å². The average molecular weight is 407 g/mol. The molecule has 0 aliphatic carbocycles. The zero-order chi connectivity index (χ0) is 20.8. The quantitative estimate of drug-likeness (QED) is 0.446. The van der Waals surface area contributed by atoms with Gasteiger partial charge < -0.3 is 14.8 Å². The molecular weight excluding hydrogens is 390 g/mol. The Labute approximate surface area is 173 Å². The van der Waals surface area contributed by atoms with Gasteiger partial charge in [0.2, 0.25) is 0 Å². The van der Waals surface area contributed by atoms with Crippen molar-refractivity contribution in [1.29, 1.82) is 5.26 Å². The number of ether oxygens (including phenoxy) is 2. The van der Waals surface area contributed by atoms with Gasteiger partial charge in [0.1, 0.15) is 24.6 Å². The zero-order valence-electron chi connectivity index (χ0n) is 15.5. The van der Waals surface area contributed by atoms with Crippen molar-refractivity contribution in [2.45, 2.75) is 6.61 Å². The first-order valence-electron chi connectivity index (χ1n) is 8.64. The fourth-order valence-corrected chi connectivity index (χ4v) is 2.96. The number of carbonyl (C=O) groups is 2. The minimum absolute atomic E-state index is 0.132. The Bertz CT molecular complexity index is 1040. The Morgan fingerprint density at radius 3 is 2.72 bits per heavy atom. The highest BCUT2D eigenvalue weighted by Gasteiger charge is 2.32. The maximum Gasteiger partial charge on any atom is 0.325 e. The molecular formula is C21H17N3O4S. The van der Waals surface area contributed by atoms with E-state index in [-0.39, 0.29) is 24.0 Å². The normalized spacial score (nSPS) is 14.5. The predicted molar refractivity (Wildman–Crippen MR) is 109 cm³/mol. The first-order chi connectivity index (χ1) is 14.0. The topological polar surface area (TPSA) is 91.7 Å². The molecule has 146 valence electrons. The summed E-state index contributed by atoms with van der Waals surface area (Å²) in [7, 11) is 1.24. The van der Waals surface area contributed by atoms with Gasteiger partial charge in [0.05, 0.1) is 18.7 Å². The van der Waals surface area contributed by atoms with Crippen molar-refractivity contribution >= 4 is 35.3 Å². The van der Waals surface area contributed by atoms with Crippen LogP contribution in [0.1, 0.15) is 16.7 Å². The molecule has 1 aliphatic heterocycles. The molecule has 2 aromatic carbocycles. The molecule has 1 amide bonds. The summed E-state index contributed by atoms with van der Waals surface area (Å²) in [5.41, 5.74) is 2.19. The van der Waals surface area contributed by atoms with Gasteiger partial charge in [-0.2, -0.15) is 5.26 Å². The van der Waals surface area contributed by atoms with Crippen LogP contribution in [0.5, 0.6) is 5.75 Å². The molecule has 2 aromatic rings. The molecule has 0 aromatic heterocycles. The molecule has 0 atom stereocenters. The second-order valence-electron chi connectivity index (χ2n) is 6.05. The molecule has 8 heteroatoms. The lowest BCUT2D eigenvalue weighted by molar-refractivity contribution is -0.143. The molecule has 1 heterocycles. The zero-order valence-corrected chi connectivity index (χ0v) is 16.4. The van der Waals surface area contributed by atoms with Crippen LogP contribution in [0.2, 0.25) is 0 Å². The molecule has 0 bridgehead atoms. The molecule has 29 heavy (non-hydrogen) atoms. The Hall–Kier alpha value is -3.70. The van der Waals surface area contributed by atoms with Gasteiger partial charge in [0.15, 0.2) is 5.11 Å². The molecule has 1 fully saturated rings. The number of nitriles is 1. The summed E-state index contributed by atoms with van der Waals surface area (Å²) >= 11 is 5.14. The van der Waals surface area contributed by atoms with Gasteiger partial charge >= 0.3 is 5.97 Å². The first kappa shape index (κ1) is 20.0. The number of hydrogen-bond donors (Lipinski definition) is 1. The average Bonchev–Trinajstić information content (AvgIpc) is 3.00. The lowest BCUT2D eigenvalue weighted by Crippen LogP contribution is -2.35. The lowest BCUT2D eigenvalue weighted by Gasteiger charge is -2.11. The summed E-state index contributed by atoms with van der Waals surface area (Å²) < 4.78 is 10.5. The number of amides is 1. The largest absolute Gasteiger partial charge is 0.488 e. The van der Waals surface area contributed by atoms with Gasteiger partial charge in [0.25, 0.3) is 5.91 Å². The first-order valence-corrected chi connectivity index (χ1v) is 9.05. The van der Waals surface area contributed by atoms with Gasteiger partial charge in [-0.15, -0.1) is 0 Å². The number of methoxy groups -OCH3 is 1. The molecule has 0 radical (unpaired) electrons. The predicted octanol–water partition coefficient (Wildman–Crippen LogP) is 2.37. The third kappa shape index (κ3) is 4.59. The number of rotatable bonds is 6. The van der Waals surface area contributed by atoms with Crippen LogP contribution >= 0.6 is 12.2 Å². The minimum atomic E-state index is -0.566. The Morgan fingerprint density at radius 2 is 1.97 bits per heavy atom. The number of carbonyl (C=O) groups excluding carboxylic acids is 2. The standard InChI is InChI=1S/C21H17N3O4S/c1-27-19(25)12-24-20(26)17(23-21(24)29)10-14-6-4-5-9-18(14)28-13-16-8-3-2-7-15(16)11-22/h2-10H,12-13H2,1H3,(H,23,29)/b17-10-. The van der Waals surface area contributed by atoms with E-state index in [9.17, 15) is 14.9 Å². The van der Waals surface area contributed by atoms with Crippen LogP contribution in [0.4, 0.5) is 0 Å². The number of nitrogens with one attached hydrogen (secondary N) is 1. The number of para-hydroxylation sites is 1. The monoisotopic (exact) mass is 407 g/mol. The summed E-state index contributed by atoms with van der Waals surface area (Å²) in [6.07, 6.45) is 1.61. The van der Waals surface area contributed by atoms with Gasteiger partial charge in [-0.05, 0) is 30.4 Å².